The molecule has 1 fully saturated rings. The predicted octanol–water partition coefficient (Wildman–Crippen LogP) is 1.19. The molecule has 2 aromatic rings. The highest BCUT2D eigenvalue weighted by Crippen LogP contribution is 2.26. The average Bonchev–Trinajstić information content (AvgIpc) is 2.99. The van der Waals surface area contributed by atoms with Crippen LogP contribution in [0.5, 0.6) is 0 Å². The molecule has 132 valence electrons. The Hall–Kier alpha value is -1.51. The van der Waals surface area contributed by atoms with Gasteiger partial charge in [0.15, 0.2) is 5.65 Å². The Bertz CT molecular complexity index is 787. The van der Waals surface area contributed by atoms with Gasteiger partial charge in [0.1, 0.15) is 5.82 Å². The zero-order valence-corrected chi connectivity index (χ0v) is 15.1. The number of rotatable bonds is 6. The molecule has 24 heavy (non-hydrogen) atoms. The van der Waals surface area contributed by atoms with Gasteiger partial charge in [0.05, 0.1) is 5.75 Å². The molecule has 0 aliphatic carbocycles. The van der Waals surface area contributed by atoms with E-state index in [1.807, 2.05) is 24.4 Å². The van der Waals surface area contributed by atoms with Gasteiger partial charge in [0.25, 0.3) is 0 Å². The molecule has 0 spiro atoms. The number of pyridine rings is 1. The van der Waals surface area contributed by atoms with Gasteiger partial charge in [-0.15, -0.1) is 10.2 Å². The quantitative estimate of drug-likeness (QED) is 0.782. The zero-order valence-electron chi connectivity index (χ0n) is 14.3. The van der Waals surface area contributed by atoms with Crippen molar-refractivity contribution in [3.8, 4) is 0 Å². The summed E-state index contributed by atoms with van der Waals surface area (Å²) in [5, 5.41) is 8.62. The highest BCUT2D eigenvalue weighted by atomic mass is 32.2. The summed E-state index contributed by atoms with van der Waals surface area (Å²) in [6.45, 7) is 2.74. The number of hydrogen-bond acceptors (Lipinski definition) is 5. The molecule has 3 heterocycles. The number of fused-ring (bicyclic) bond motifs is 1. The molecule has 1 aliphatic heterocycles. The number of piperidine rings is 1. The van der Waals surface area contributed by atoms with Crippen molar-refractivity contribution < 1.29 is 8.42 Å². The summed E-state index contributed by atoms with van der Waals surface area (Å²) in [5.41, 5.74) is 0.877. The molecule has 1 aliphatic rings. The molecule has 0 N–H and O–H groups in total. The molecule has 0 aromatic carbocycles. The fourth-order valence-corrected chi connectivity index (χ4v) is 4.12. The number of likely N-dealkylation sites (tertiary alicyclic amines) is 1. The second-order valence-electron chi connectivity index (χ2n) is 6.58. The van der Waals surface area contributed by atoms with E-state index >= 15 is 0 Å². The molecule has 0 amide bonds. The molecule has 2 aromatic heterocycles. The van der Waals surface area contributed by atoms with Gasteiger partial charge in [-0.2, -0.15) is 0 Å². The van der Waals surface area contributed by atoms with Crippen LogP contribution in [0, 0.1) is 0 Å². The van der Waals surface area contributed by atoms with Gasteiger partial charge >= 0.3 is 0 Å². The molecule has 0 saturated carbocycles. The molecule has 1 saturated heterocycles. The average molecular weight is 351 g/mol. The Balaban J connectivity index is 1.61. The minimum absolute atomic E-state index is 0.203. The van der Waals surface area contributed by atoms with Crippen LogP contribution in [0.3, 0.4) is 0 Å². The third-order valence-corrected chi connectivity index (χ3v) is 6.56. The standard InChI is InChI=1S/C16H25N5O2S/c1-19(2)24(22,23)12-6-10-20-9-5-7-14(13-20)16-18-17-15-8-3-4-11-21(15)16/h3-4,8,11,14H,5-7,9-10,12-13H2,1-2H3/t14-/m0/s1. The fourth-order valence-electron chi connectivity index (χ4n) is 3.26. The summed E-state index contributed by atoms with van der Waals surface area (Å²) in [6.07, 6.45) is 4.87. The highest BCUT2D eigenvalue weighted by molar-refractivity contribution is 7.89. The molecular weight excluding hydrogens is 326 g/mol. The Morgan fingerprint density at radius 1 is 1.29 bits per heavy atom. The van der Waals surface area contributed by atoms with Crippen molar-refractivity contribution in [2.75, 3.05) is 39.5 Å². The smallest absolute Gasteiger partial charge is 0.213 e. The van der Waals surface area contributed by atoms with Crippen molar-refractivity contribution in [2.24, 2.45) is 0 Å². The number of aromatic nitrogens is 3. The second kappa shape index (κ2) is 7.16. The number of nitrogens with zero attached hydrogens (tertiary/aromatic N) is 5. The molecule has 0 radical (unpaired) electrons. The van der Waals surface area contributed by atoms with Gasteiger partial charge < -0.3 is 4.90 Å². The van der Waals surface area contributed by atoms with Crippen molar-refractivity contribution in [2.45, 2.75) is 25.2 Å². The second-order valence-corrected chi connectivity index (χ2v) is 8.88. The van der Waals surface area contributed by atoms with Crippen LogP contribution < -0.4 is 0 Å². The summed E-state index contributed by atoms with van der Waals surface area (Å²) in [7, 11) is 0.0676. The van der Waals surface area contributed by atoms with Crippen LogP contribution in [-0.2, 0) is 10.0 Å². The molecule has 3 rings (SSSR count). The third kappa shape index (κ3) is 3.76. The maximum absolute atomic E-state index is 11.9. The van der Waals surface area contributed by atoms with E-state index in [2.05, 4.69) is 19.5 Å². The Labute approximate surface area is 143 Å². The first-order chi connectivity index (χ1) is 11.5. The maximum Gasteiger partial charge on any atom is 0.213 e. The molecular formula is C16H25N5O2S. The summed E-state index contributed by atoms with van der Waals surface area (Å²) in [5.74, 6) is 1.56. The summed E-state index contributed by atoms with van der Waals surface area (Å²) in [6, 6.07) is 5.92. The molecule has 7 nitrogen and oxygen atoms in total. The molecule has 0 bridgehead atoms. The third-order valence-electron chi connectivity index (χ3n) is 4.64. The fraction of sp³-hybridized carbons (Fsp3) is 0.625. The number of hydrogen-bond donors (Lipinski definition) is 0. The molecule has 8 heteroatoms. The minimum atomic E-state index is -3.10. The van der Waals surface area contributed by atoms with Gasteiger partial charge in [0, 0.05) is 32.8 Å². The van der Waals surface area contributed by atoms with Crippen LogP contribution in [0.2, 0.25) is 0 Å². The summed E-state index contributed by atoms with van der Waals surface area (Å²) >= 11 is 0. The van der Waals surface area contributed by atoms with Gasteiger partial charge in [-0.1, -0.05) is 6.07 Å². The lowest BCUT2D eigenvalue weighted by atomic mass is 9.97. The van der Waals surface area contributed by atoms with E-state index in [9.17, 15) is 8.42 Å². The topological polar surface area (TPSA) is 70.8 Å². The Morgan fingerprint density at radius 3 is 2.92 bits per heavy atom. The number of sulfonamides is 1. The van der Waals surface area contributed by atoms with Crippen molar-refractivity contribution in [3.05, 3.63) is 30.2 Å². The van der Waals surface area contributed by atoms with Crippen molar-refractivity contribution in [1.82, 2.24) is 23.8 Å². The summed E-state index contributed by atoms with van der Waals surface area (Å²) in [4.78, 5) is 2.35. The first-order valence-electron chi connectivity index (χ1n) is 8.39. The van der Waals surface area contributed by atoms with Gasteiger partial charge in [-0.25, -0.2) is 12.7 Å². The van der Waals surface area contributed by atoms with Crippen LogP contribution in [0.25, 0.3) is 5.65 Å². The maximum atomic E-state index is 11.9. The SMILES string of the molecule is CN(C)S(=O)(=O)CCCN1CCC[C@H](c2nnc3ccccn23)C1. The first-order valence-corrected chi connectivity index (χ1v) is 10.0. The lowest BCUT2D eigenvalue weighted by Gasteiger charge is -2.31. The highest BCUT2D eigenvalue weighted by Gasteiger charge is 2.25. The minimum Gasteiger partial charge on any atom is -0.303 e. The van der Waals surface area contributed by atoms with Crippen molar-refractivity contribution in [3.63, 3.8) is 0 Å². The lowest BCUT2D eigenvalue weighted by Crippen LogP contribution is -2.37. The largest absolute Gasteiger partial charge is 0.303 e. The Morgan fingerprint density at radius 2 is 2.12 bits per heavy atom. The first kappa shape index (κ1) is 17.3. The van der Waals surface area contributed by atoms with E-state index in [-0.39, 0.29) is 5.75 Å². The van der Waals surface area contributed by atoms with E-state index in [0.717, 1.165) is 43.9 Å². The van der Waals surface area contributed by atoms with Crippen LogP contribution in [0.4, 0.5) is 0 Å². The van der Waals surface area contributed by atoms with Crippen LogP contribution in [-0.4, -0.2) is 71.7 Å². The van der Waals surface area contributed by atoms with Gasteiger partial charge in [-0.3, -0.25) is 4.40 Å². The van der Waals surface area contributed by atoms with E-state index in [4.69, 9.17) is 0 Å². The normalized spacial score (nSPS) is 20.0. The lowest BCUT2D eigenvalue weighted by molar-refractivity contribution is 0.204. The monoisotopic (exact) mass is 351 g/mol. The van der Waals surface area contributed by atoms with E-state index in [0.29, 0.717) is 12.3 Å². The molecule has 1 atom stereocenters. The van der Waals surface area contributed by atoms with Crippen LogP contribution in [0.15, 0.2) is 24.4 Å². The van der Waals surface area contributed by atoms with Gasteiger partial charge in [0.2, 0.25) is 10.0 Å². The predicted molar refractivity (Wildman–Crippen MR) is 93.5 cm³/mol. The Kier molecular flexibility index (Phi) is 5.17. The van der Waals surface area contributed by atoms with Crippen molar-refractivity contribution in [1.29, 1.82) is 0 Å². The van der Waals surface area contributed by atoms with Gasteiger partial charge in [-0.05, 0) is 44.5 Å². The van der Waals surface area contributed by atoms with E-state index in [1.165, 1.54) is 4.31 Å². The van der Waals surface area contributed by atoms with Crippen molar-refractivity contribution >= 4 is 15.7 Å². The molecule has 0 unspecified atom stereocenters. The zero-order chi connectivity index (χ0) is 17.2. The summed E-state index contributed by atoms with van der Waals surface area (Å²) < 4.78 is 27.1. The van der Waals surface area contributed by atoms with E-state index in [1.54, 1.807) is 14.1 Å². The van der Waals surface area contributed by atoms with Crippen LogP contribution >= 0.6 is 0 Å². The van der Waals surface area contributed by atoms with Crippen LogP contribution in [0.1, 0.15) is 31.0 Å². The van der Waals surface area contributed by atoms with E-state index < -0.39 is 10.0 Å².